The molecule has 1 aliphatic heterocycles. The van der Waals surface area contributed by atoms with Gasteiger partial charge in [-0.05, 0) is 61.2 Å². The lowest BCUT2D eigenvalue weighted by Crippen LogP contribution is -2.38. The fourth-order valence-corrected chi connectivity index (χ4v) is 3.68. The number of likely N-dealkylation sites (tertiary alicyclic amines) is 1. The van der Waals surface area contributed by atoms with E-state index in [1.54, 1.807) is 0 Å². The van der Waals surface area contributed by atoms with Gasteiger partial charge in [0, 0.05) is 12.1 Å². The number of β-amino-alcohol motifs (C(OH)–C–C–N with tert-alkyl or cyclic N) is 1. The normalized spacial score (nSPS) is 17.7. The third-order valence-corrected chi connectivity index (χ3v) is 6.61. The first kappa shape index (κ1) is 22.2. The van der Waals surface area contributed by atoms with Gasteiger partial charge in [0.1, 0.15) is 18.5 Å². The fourth-order valence-electron chi connectivity index (χ4n) is 3.68. The summed E-state index contributed by atoms with van der Waals surface area (Å²) >= 11 is 0. The quantitative estimate of drug-likeness (QED) is 0.637. The van der Waals surface area contributed by atoms with E-state index >= 15 is 0 Å². The van der Waals surface area contributed by atoms with Crippen molar-refractivity contribution in [3.05, 3.63) is 29.3 Å². The van der Waals surface area contributed by atoms with E-state index in [1.165, 1.54) is 30.4 Å². The molecule has 1 atom stereocenters. The van der Waals surface area contributed by atoms with Crippen LogP contribution in [0.4, 0.5) is 0 Å². The molecule has 2 rings (SSSR count). The van der Waals surface area contributed by atoms with Gasteiger partial charge in [-0.3, -0.25) is 0 Å². The average Bonchev–Trinajstić information content (AvgIpc) is 2.67. The molecule has 0 aromatic heterocycles. The summed E-state index contributed by atoms with van der Waals surface area (Å²) in [6.07, 6.45) is 5.53. The van der Waals surface area contributed by atoms with E-state index in [0.717, 1.165) is 31.7 Å². The van der Waals surface area contributed by atoms with Gasteiger partial charge in [0.25, 0.3) is 0 Å². The number of aliphatic hydroxyl groups excluding tert-OH is 1. The smallest absolute Gasteiger partial charge is 0.123 e. The molecule has 154 valence electrons. The number of benzene rings is 1. The molecule has 0 unspecified atom stereocenters. The lowest BCUT2D eigenvalue weighted by atomic mass is 9.76. The Labute approximate surface area is 167 Å². The third kappa shape index (κ3) is 5.96. The molecule has 3 heteroatoms. The number of hydrogen-bond donors (Lipinski definition) is 1. The second-order valence-corrected chi connectivity index (χ2v) is 9.51. The van der Waals surface area contributed by atoms with Crippen LogP contribution in [0.5, 0.6) is 5.75 Å². The van der Waals surface area contributed by atoms with Crippen LogP contribution in [-0.4, -0.2) is 42.4 Å². The fraction of sp³-hybridized carbons (Fsp3) is 0.750. The summed E-state index contributed by atoms with van der Waals surface area (Å²) in [4.78, 5) is 2.36. The van der Waals surface area contributed by atoms with Crippen molar-refractivity contribution in [1.29, 1.82) is 0 Å². The zero-order valence-electron chi connectivity index (χ0n) is 18.5. The van der Waals surface area contributed by atoms with Crippen LogP contribution in [0.3, 0.4) is 0 Å². The molecule has 1 heterocycles. The van der Waals surface area contributed by atoms with Crippen molar-refractivity contribution in [3.8, 4) is 5.75 Å². The second kappa shape index (κ2) is 9.43. The van der Waals surface area contributed by atoms with Crippen LogP contribution >= 0.6 is 0 Å². The summed E-state index contributed by atoms with van der Waals surface area (Å²) in [5.41, 5.74) is 2.83. The maximum absolute atomic E-state index is 10.5. The van der Waals surface area contributed by atoms with E-state index < -0.39 is 6.10 Å². The lowest BCUT2D eigenvalue weighted by Gasteiger charge is -2.31. The highest BCUT2D eigenvalue weighted by molar-refractivity contribution is 5.44. The minimum Gasteiger partial charge on any atom is -0.491 e. The van der Waals surface area contributed by atoms with Crippen molar-refractivity contribution in [1.82, 2.24) is 4.90 Å². The molecule has 1 saturated heterocycles. The maximum atomic E-state index is 10.5. The summed E-state index contributed by atoms with van der Waals surface area (Å²) < 4.78 is 6.15. The van der Waals surface area contributed by atoms with Crippen LogP contribution in [0.15, 0.2) is 18.2 Å². The van der Waals surface area contributed by atoms with Crippen LogP contribution in [0.25, 0.3) is 0 Å². The third-order valence-electron chi connectivity index (χ3n) is 6.61. The van der Waals surface area contributed by atoms with Gasteiger partial charge in [-0.15, -0.1) is 0 Å². The first-order valence-corrected chi connectivity index (χ1v) is 10.9. The molecular formula is C24H41NO2. The number of hydrogen-bond acceptors (Lipinski definition) is 3. The summed E-state index contributed by atoms with van der Waals surface area (Å²) in [5, 5.41) is 10.5. The zero-order valence-corrected chi connectivity index (χ0v) is 18.5. The Kier molecular flexibility index (Phi) is 7.76. The highest BCUT2D eigenvalue weighted by atomic mass is 16.5. The van der Waals surface area contributed by atoms with E-state index in [4.69, 9.17) is 4.74 Å². The van der Waals surface area contributed by atoms with Crippen molar-refractivity contribution >= 4 is 0 Å². The van der Waals surface area contributed by atoms with Crippen molar-refractivity contribution in [2.24, 2.45) is 0 Å². The average molecular weight is 376 g/mol. The minimum atomic E-state index is -0.438. The number of piperidine rings is 1. The van der Waals surface area contributed by atoms with Gasteiger partial charge in [-0.25, -0.2) is 0 Å². The monoisotopic (exact) mass is 375 g/mol. The standard InChI is InChI=1S/C24H41NO2/c1-7-23(3,4)19-12-13-22(21(16-19)24(5,6)8-2)27-18-20(26)17-25-14-10-9-11-15-25/h12-13,16,20,26H,7-11,14-15,17-18H2,1-6H3/t20-/m1/s1. The van der Waals surface area contributed by atoms with Crippen LogP contribution in [0.1, 0.15) is 84.8 Å². The SMILES string of the molecule is CCC(C)(C)c1ccc(OC[C@H](O)CN2CCCCC2)c(C(C)(C)CC)c1. The topological polar surface area (TPSA) is 32.7 Å². The summed E-state index contributed by atoms with van der Waals surface area (Å²) in [6.45, 7) is 16.9. The molecule has 1 aromatic rings. The van der Waals surface area contributed by atoms with Crippen LogP contribution < -0.4 is 4.74 Å². The Bertz CT molecular complexity index is 588. The zero-order chi connectivity index (χ0) is 20.1. The molecule has 1 aromatic carbocycles. The molecular weight excluding hydrogens is 334 g/mol. The van der Waals surface area contributed by atoms with Crippen molar-refractivity contribution in [2.45, 2.75) is 90.6 Å². The highest BCUT2D eigenvalue weighted by Crippen LogP contribution is 2.38. The van der Waals surface area contributed by atoms with E-state index in [1.807, 2.05) is 0 Å². The molecule has 1 fully saturated rings. The molecule has 0 amide bonds. The summed E-state index contributed by atoms with van der Waals surface area (Å²) in [7, 11) is 0. The summed E-state index contributed by atoms with van der Waals surface area (Å²) in [6, 6.07) is 6.65. The van der Waals surface area contributed by atoms with Crippen molar-refractivity contribution < 1.29 is 9.84 Å². The molecule has 0 radical (unpaired) electrons. The van der Waals surface area contributed by atoms with Gasteiger partial charge >= 0.3 is 0 Å². The molecule has 27 heavy (non-hydrogen) atoms. The van der Waals surface area contributed by atoms with E-state index in [0.29, 0.717) is 13.2 Å². The molecule has 1 aliphatic rings. The second-order valence-electron chi connectivity index (χ2n) is 9.51. The molecule has 1 N–H and O–H groups in total. The Morgan fingerprint density at radius 3 is 2.22 bits per heavy atom. The van der Waals surface area contributed by atoms with Gasteiger partial charge in [0.15, 0.2) is 0 Å². The Balaban J connectivity index is 2.12. The minimum absolute atomic E-state index is 0.0486. The summed E-state index contributed by atoms with van der Waals surface area (Å²) in [5.74, 6) is 0.926. The Morgan fingerprint density at radius 2 is 1.63 bits per heavy atom. The first-order chi connectivity index (χ1) is 12.7. The van der Waals surface area contributed by atoms with Gasteiger partial charge in [0.05, 0.1) is 0 Å². The predicted octanol–water partition coefficient (Wildman–Crippen LogP) is 5.29. The molecule has 0 aliphatic carbocycles. The highest BCUT2D eigenvalue weighted by Gasteiger charge is 2.27. The van der Waals surface area contributed by atoms with Gasteiger partial charge in [0.2, 0.25) is 0 Å². The molecule has 0 spiro atoms. The number of ether oxygens (including phenoxy) is 1. The predicted molar refractivity (Wildman–Crippen MR) is 115 cm³/mol. The molecule has 0 saturated carbocycles. The first-order valence-electron chi connectivity index (χ1n) is 10.9. The number of aliphatic hydroxyl groups is 1. The molecule has 0 bridgehead atoms. The van der Waals surface area contributed by atoms with Gasteiger partial charge in [-0.2, -0.15) is 0 Å². The lowest BCUT2D eigenvalue weighted by molar-refractivity contribution is 0.0610. The van der Waals surface area contributed by atoms with E-state index in [-0.39, 0.29) is 10.8 Å². The van der Waals surface area contributed by atoms with E-state index in [9.17, 15) is 5.11 Å². The number of nitrogens with zero attached hydrogens (tertiary/aromatic N) is 1. The van der Waals surface area contributed by atoms with Gasteiger partial charge in [-0.1, -0.05) is 60.1 Å². The number of rotatable bonds is 9. The van der Waals surface area contributed by atoms with Gasteiger partial charge < -0.3 is 14.7 Å². The van der Waals surface area contributed by atoms with E-state index in [2.05, 4.69) is 64.6 Å². The van der Waals surface area contributed by atoms with Crippen LogP contribution in [0.2, 0.25) is 0 Å². The van der Waals surface area contributed by atoms with Crippen LogP contribution in [-0.2, 0) is 10.8 Å². The largest absolute Gasteiger partial charge is 0.491 e. The van der Waals surface area contributed by atoms with Crippen LogP contribution in [0, 0.1) is 0 Å². The molecule has 3 nitrogen and oxygen atoms in total. The Hall–Kier alpha value is -1.06. The van der Waals surface area contributed by atoms with Crippen molar-refractivity contribution in [2.75, 3.05) is 26.2 Å². The maximum Gasteiger partial charge on any atom is 0.123 e. The van der Waals surface area contributed by atoms with Crippen molar-refractivity contribution in [3.63, 3.8) is 0 Å². The Morgan fingerprint density at radius 1 is 1.00 bits per heavy atom.